The number of methoxy groups -OCH3 is 1. The second-order valence-corrected chi connectivity index (χ2v) is 5.98. The second kappa shape index (κ2) is 6.93. The summed E-state index contributed by atoms with van der Waals surface area (Å²) in [7, 11) is 1.50. The lowest BCUT2D eigenvalue weighted by molar-refractivity contribution is -0.123. The molecule has 6 heteroatoms. The highest BCUT2D eigenvalue weighted by atomic mass is 79.9. The summed E-state index contributed by atoms with van der Waals surface area (Å²) < 4.78 is 11.3. The summed E-state index contributed by atoms with van der Waals surface area (Å²) in [5, 5.41) is 2.91. The fraction of sp³-hybridized carbons (Fsp3) is 0.467. The smallest absolute Gasteiger partial charge is 0.258 e. The molecule has 0 spiro atoms. The first-order valence-electron chi connectivity index (χ1n) is 6.80. The molecular formula is C15H18BrNO4. The number of hydrogen-bond donors (Lipinski definition) is 1. The number of amides is 1. The van der Waals surface area contributed by atoms with Crippen LogP contribution >= 0.6 is 15.9 Å². The molecule has 1 aliphatic carbocycles. The summed E-state index contributed by atoms with van der Waals surface area (Å²) in [6.07, 6.45) is 3.06. The van der Waals surface area contributed by atoms with Crippen LogP contribution in [0, 0.1) is 5.92 Å². The van der Waals surface area contributed by atoms with Gasteiger partial charge in [0, 0.05) is 16.1 Å². The molecule has 0 aliphatic heterocycles. The molecule has 1 atom stereocenters. The van der Waals surface area contributed by atoms with Crippen molar-refractivity contribution in [2.45, 2.75) is 25.8 Å². The molecule has 1 N–H and O–H groups in total. The van der Waals surface area contributed by atoms with E-state index in [-0.39, 0.29) is 18.6 Å². The fourth-order valence-corrected chi connectivity index (χ4v) is 2.48. The summed E-state index contributed by atoms with van der Waals surface area (Å²) >= 11 is 3.27. The monoisotopic (exact) mass is 355 g/mol. The molecule has 1 aliphatic rings. The van der Waals surface area contributed by atoms with E-state index in [0.29, 0.717) is 33.7 Å². The average Bonchev–Trinajstić information content (AvgIpc) is 3.30. The van der Waals surface area contributed by atoms with Crippen LogP contribution in [0.4, 0.5) is 0 Å². The Hall–Kier alpha value is -1.56. The molecule has 0 saturated heterocycles. The molecule has 1 amide bonds. The zero-order valence-electron chi connectivity index (χ0n) is 12.0. The van der Waals surface area contributed by atoms with Gasteiger partial charge < -0.3 is 14.8 Å². The molecule has 0 aromatic heterocycles. The van der Waals surface area contributed by atoms with Crippen molar-refractivity contribution in [3.8, 4) is 11.5 Å². The normalized spacial score (nSPS) is 15.2. The van der Waals surface area contributed by atoms with Crippen LogP contribution in [-0.4, -0.2) is 32.0 Å². The first-order valence-corrected chi connectivity index (χ1v) is 7.59. The summed E-state index contributed by atoms with van der Waals surface area (Å²) in [5.41, 5.74) is 0.442. The highest BCUT2D eigenvalue weighted by molar-refractivity contribution is 9.10. The summed E-state index contributed by atoms with van der Waals surface area (Å²) in [4.78, 5) is 22.8. The molecular weight excluding hydrogens is 338 g/mol. The first kappa shape index (κ1) is 15.8. The number of benzene rings is 1. The minimum Gasteiger partial charge on any atom is -0.493 e. The Balaban J connectivity index is 1.97. The van der Waals surface area contributed by atoms with Crippen molar-refractivity contribution >= 4 is 28.1 Å². The van der Waals surface area contributed by atoms with E-state index in [4.69, 9.17) is 9.47 Å². The average molecular weight is 356 g/mol. The molecule has 21 heavy (non-hydrogen) atoms. The molecule has 1 aromatic carbocycles. The van der Waals surface area contributed by atoms with Crippen LogP contribution in [0.2, 0.25) is 0 Å². The van der Waals surface area contributed by atoms with Crippen molar-refractivity contribution in [1.82, 2.24) is 5.32 Å². The van der Waals surface area contributed by atoms with Crippen molar-refractivity contribution in [3.63, 3.8) is 0 Å². The van der Waals surface area contributed by atoms with Gasteiger partial charge in [-0.15, -0.1) is 0 Å². The lowest BCUT2D eigenvalue weighted by atomic mass is 10.2. The van der Waals surface area contributed by atoms with E-state index in [2.05, 4.69) is 21.2 Å². The van der Waals surface area contributed by atoms with Crippen LogP contribution < -0.4 is 14.8 Å². The van der Waals surface area contributed by atoms with E-state index >= 15 is 0 Å². The topological polar surface area (TPSA) is 64.6 Å². The molecule has 1 fully saturated rings. The largest absolute Gasteiger partial charge is 0.493 e. The van der Waals surface area contributed by atoms with E-state index in [1.807, 2.05) is 6.92 Å². The van der Waals surface area contributed by atoms with Gasteiger partial charge in [-0.1, -0.05) is 0 Å². The van der Waals surface area contributed by atoms with Gasteiger partial charge in [-0.3, -0.25) is 9.59 Å². The van der Waals surface area contributed by atoms with Crippen LogP contribution in [0.15, 0.2) is 16.6 Å². The van der Waals surface area contributed by atoms with E-state index in [1.165, 1.54) is 20.0 Å². The molecule has 1 aromatic rings. The van der Waals surface area contributed by atoms with E-state index < -0.39 is 0 Å². The number of nitrogens with one attached hydrogen (secondary N) is 1. The van der Waals surface area contributed by atoms with Gasteiger partial charge in [0.1, 0.15) is 0 Å². The van der Waals surface area contributed by atoms with Crippen molar-refractivity contribution in [1.29, 1.82) is 0 Å². The summed E-state index contributed by atoms with van der Waals surface area (Å²) in [5.74, 6) is 1.26. The van der Waals surface area contributed by atoms with Gasteiger partial charge in [-0.05, 0) is 53.7 Å². The third kappa shape index (κ3) is 4.20. The SMILES string of the molecule is COc1cc(Br)c(C=O)cc1OCC(=O)N[C@H](C)C1CC1. The van der Waals surface area contributed by atoms with Gasteiger partial charge in [0.15, 0.2) is 24.4 Å². The van der Waals surface area contributed by atoms with Gasteiger partial charge in [-0.2, -0.15) is 0 Å². The van der Waals surface area contributed by atoms with E-state index in [0.717, 1.165) is 0 Å². The van der Waals surface area contributed by atoms with Gasteiger partial charge in [0.2, 0.25) is 0 Å². The molecule has 2 rings (SSSR count). The minimum atomic E-state index is -0.174. The zero-order chi connectivity index (χ0) is 15.4. The van der Waals surface area contributed by atoms with Crippen LogP contribution in [0.1, 0.15) is 30.1 Å². The molecule has 0 heterocycles. The summed E-state index contributed by atoms with van der Waals surface area (Å²) in [6, 6.07) is 3.37. The maximum Gasteiger partial charge on any atom is 0.258 e. The van der Waals surface area contributed by atoms with Gasteiger partial charge in [0.25, 0.3) is 5.91 Å². The molecule has 1 saturated carbocycles. The molecule has 0 radical (unpaired) electrons. The lowest BCUT2D eigenvalue weighted by Crippen LogP contribution is -2.37. The second-order valence-electron chi connectivity index (χ2n) is 5.12. The quantitative estimate of drug-likeness (QED) is 0.763. The Bertz CT molecular complexity index is 543. The number of aldehydes is 1. The number of carbonyl (C=O) groups is 2. The van der Waals surface area contributed by atoms with Gasteiger partial charge >= 0.3 is 0 Å². The maximum absolute atomic E-state index is 11.8. The Kier molecular flexibility index (Phi) is 5.22. The fourth-order valence-electron chi connectivity index (χ4n) is 2.07. The van der Waals surface area contributed by atoms with Crippen molar-refractivity contribution in [2.75, 3.05) is 13.7 Å². The number of carbonyl (C=O) groups excluding carboxylic acids is 2. The van der Waals surface area contributed by atoms with E-state index in [1.54, 1.807) is 12.1 Å². The number of hydrogen-bond acceptors (Lipinski definition) is 4. The van der Waals surface area contributed by atoms with Crippen LogP contribution in [0.5, 0.6) is 11.5 Å². The Morgan fingerprint density at radius 2 is 2.19 bits per heavy atom. The Morgan fingerprint density at radius 1 is 1.48 bits per heavy atom. The van der Waals surface area contributed by atoms with Crippen LogP contribution in [0.3, 0.4) is 0 Å². The van der Waals surface area contributed by atoms with Crippen LogP contribution in [0.25, 0.3) is 0 Å². The third-order valence-electron chi connectivity index (χ3n) is 3.49. The van der Waals surface area contributed by atoms with Gasteiger partial charge in [0.05, 0.1) is 7.11 Å². The third-order valence-corrected chi connectivity index (χ3v) is 4.17. The number of halogens is 1. The number of rotatable bonds is 7. The highest BCUT2D eigenvalue weighted by Gasteiger charge is 2.28. The minimum absolute atomic E-state index is 0.104. The lowest BCUT2D eigenvalue weighted by Gasteiger charge is -2.15. The van der Waals surface area contributed by atoms with Crippen molar-refractivity contribution < 1.29 is 19.1 Å². The van der Waals surface area contributed by atoms with Crippen LogP contribution in [-0.2, 0) is 4.79 Å². The number of ether oxygens (including phenoxy) is 2. The molecule has 0 unspecified atom stereocenters. The van der Waals surface area contributed by atoms with E-state index in [9.17, 15) is 9.59 Å². The Labute approximate surface area is 132 Å². The molecule has 0 bridgehead atoms. The molecule has 5 nitrogen and oxygen atoms in total. The van der Waals surface area contributed by atoms with Crippen molar-refractivity contribution in [2.24, 2.45) is 5.92 Å². The predicted octanol–water partition coefficient (Wildman–Crippen LogP) is 2.56. The maximum atomic E-state index is 11.8. The zero-order valence-corrected chi connectivity index (χ0v) is 13.6. The van der Waals surface area contributed by atoms with Gasteiger partial charge in [-0.25, -0.2) is 0 Å². The summed E-state index contributed by atoms with van der Waals surface area (Å²) in [6.45, 7) is 1.90. The standard InChI is InChI=1S/C15H18BrNO4/c1-9(10-3-4-10)17-15(19)8-21-14-5-11(7-18)12(16)6-13(14)20-2/h5-7,9-10H,3-4,8H2,1-2H3,(H,17,19)/t9-/m1/s1. The Morgan fingerprint density at radius 3 is 2.76 bits per heavy atom. The highest BCUT2D eigenvalue weighted by Crippen LogP contribution is 2.33. The van der Waals surface area contributed by atoms with Crippen molar-refractivity contribution in [3.05, 3.63) is 22.2 Å². The predicted molar refractivity (Wildman–Crippen MR) is 81.9 cm³/mol. The molecule has 114 valence electrons. The first-order chi connectivity index (χ1) is 10.0.